The van der Waals surface area contributed by atoms with Crippen LogP contribution >= 0.6 is 11.3 Å². The molecule has 2 aromatic carbocycles. The second-order valence-corrected chi connectivity index (χ2v) is 8.70. The molecule has 0 aliphatic carbocycles. The van der Waals surface area contributed by atoms with Crippen molar-refractivity contribution in [2.45, 2.75) is 13.5 Å². The molecule has 0 bridgehead atoms. The fraction of sp³-hybridized carbons (Fsp3) is 0.333. The Bertz CT molecular complexity index is 1010. The summed E-state index contributed by atoms with van der Waals surface area (Å²) in [7, 11) is 1.68. The quantitative estimate of drug-likeness (QED) is 0.609. The molecule has 0 radical (unpaired) electrons. The number of hydrogen-bond acceptors (Lipinski definition) is 6. The van der Waals surface area contributed by atoms with Gasteiger partial charge in [-0.1, -0.05) is 29.8 Å². The van der Waals surface area contributed by atoms with E-state index in [4.69, 9.17) is 9.72 Å². The van der Waals surface area contributed by atoms with Gasteiger partial charge in [0.2, 0.25) is 5.91 Å². The predicted molar refractivity (Wildman–Crippen MR) is 126 cm³/mol. The molecule has 1 aliphatic rings. The maximum Gasteiger partial charge on any atom is 0.238 e. The monoisotopic (exact) mass is 436 g/mol. The van der Waals surface area contributed by atoms with Crippen LogP contribution in [-0.4, -0.2) is 60.5 Å². The Kier molecular flexibility index (Phi) is 6.96. The Labute approximate surface area is 187 Å². The second-order valence-electron chi connectivity index (χ2n) is 7.84. The van der Waals surface area contributed by atoms with Crippen molar-refractivity contribution in [2.75, 3.05) is 45.2 Å². The summed E-state index contributed by atoms with van der Waals surface area (Å²) in [6.07, 6.45) is 0. The SMILES string of the molecule is COc1cccc(-c2nc(CN3CCN(CC(=O)Nc4ccc(C)cc4)CC3)cs2)c1. The first kappa shape index (κ1) is 21.5. The lowest BCUT2D eigenvalue weighted by Gasteiger charge is -2.33. The summed E-state index contributed by atoms with van der Waals surface area (Å²) < 4.78 is 5.32. The van der Waals surface area contributed by atoms with Crippen molar-refractivity contribution in [2.24, 2.45) is 0 Å². The lowest BCUT2D eigenvalue weighted by atomic mass is 10.2. The van der Waals surface area contributed by atoms with Gasteiger partial charge < -0.3 is 10.1 Å². The van der Waals surface area contributed by atoms with Crippen molar-refractivity contribution in [1.29, 1.82) is 0 Å². The molecule has 6 nitrogen and oxygen atoms in total. The van der Waals surface area contributed by atoms with Gasteiger partial charge in [0.15, 0.2) is 0 Å². The molecule has 4 rings (SSSR count). The summed E-state index contributed by atoms with van der Waals surface area (Å²) in [5.74, 6) is 0.886. The van der Waals surface area contributed by atoms with Gasteiger partial charge in [0.1, 0.15) is 10.8 Å². The van der Waals surface area contributed by atoms with Crippen molar-refractivity contribution in [3.05, 3.63) is 65.2 Å². The van der Waals surface area contributed by atoms with Crippen LogP contribution in [0.1, 0.15) is 11.3 Å². The van der Waals surface area contributed by atoms with Gasteiger partial charge in [-0.2, -0.15) is 0 Å². The smallest absolute Gasteiger partial charge is 0.238 e. The number of benzene rings is 2. The molecule has 0 unspecified atom stereocenters. The van der Waals surface area contributed by atoms with Gasteiger partial charge >= 0.3 is 0 Å². The van der Waals surface area contributed by atoms with Crippen LogP contribution in [-0.2, 0) is 11.3 Å². The highest BCUT2D eigenvalue weighted by atomic mass is 32.1. The summed E-state index contributed by atoms with van der Waals surface area (Å²) >= 11 is 1.66. The summed E-state index contributed by atoms with van der Waals surface area (Å²) in [5, 5.41) is 6.13. The van der Waals surface area contributed by atoms with Crippen LogP contribution in [0, 0.1) is 6.92 Å². The fourth-order valence-corrected chi connectivity index (χ4v) is 4.45. The maximum atomic E-state index is 12.3. The maximum absolute atomic E-state index is 12.3. The first-order valence-electron chi connectivity index (χ1n) is 10.5. The number of thiazole rings is 1. The number of nitrogens with zero attached hydrogens (tertiary/aromatic N) is 3. The van der Waals surface area contributed by atoms with Crippen LogP contribution in [0.5, 0.6) is 5.75 Å². The zero-order valence-electron chi connectivity index (χ0n) is 18.0. The Hall–Kier alpha value is -2.74. The summed E-state index contributed by atoms with van der Waals surface area (Å²) in [5.41, 5.74) is 4.21. The number of carbonyl (C=O) groups excluding carboxylic acids is 1. The van der Waals surface area contributed by atoms with E-state index in [2.05, 4.69) is 26.6 Å². The molecule has 1 fully saturated rings. The van der Waals surface area contributed by atoms with E-state index in [1.807, 2.05) is 49.4 Å². The number of nitrogens with one attached hydrogen (secondary N) is 1. The van der Waals surface area contributed by atoms with E-state index in [9.17, 15) is 4.79 Å². The van der Waals surface area contributed by atoms with E-state index in [-0.39, 0.29) is 5.91 Å². The molecule has 1 aromatic heterocycles. The number of anilines is 1. The predicted octanol–water partition coefficient (Wildman–Crippen LogP) is 3.88. The zero-order chi connectivity index (χ0) is 21.6. The Morgan fingerprint density at radius 2 is 1.84 bits per heavy atom. The van der Waals surface area contributed by atoms with Crippen LogP contribution in [0.2, 0.25) is 0 Å². The highest BCUT2D eigenvalue weighted by Crippen LogP contribution is 2.27. The van der Waals surface area contributed by atoms with Crippen molar-refractivity contribution in [1.82, 2.24) is 14.8 Å². The molecule has 1 saturated heterocycles. The van der Waals surface area contributed by atoms with Crippen LogP contribution in [0.4, 0.5) is 5.69 Å². The molecular formula is C24H28N4O2S. The molecule has 31 heavy (non-hydrogen) atoms. The van der Waals surface area contributed by atoms with Crippen LogP contribution < -0.4 is 10.1 Å². The van der Waals surface area contributed by atoms with E-state index < -0.39 is 0 Å². The largest absolute Gasteiger partial charge is 0.497 e. The lowest BCUT2D eigenvalue weighted by molar-refractivity contribution is -0.117. The normalized spacial score (nSPS) is 15.0. The first-order chi connectivity index (χ1) is 15.1. The van der Waals surface area contributed by atoms with Crippen molar-refractivity contribution in [3.63, 3.8) is 0 Å². The van der Waals surface area contributed by atoms with Gasteiger partial charge in [0, 0.05) is 49.4 Å². The number of methoxy groups -OCH3 is 1. The standard InChI is InChI=1S/C24H28N4O2S/c1-18-6-8-20(9-7-18)25-23(29)16-28-12-10-27(11-13-28)15-21-17-31-24(26-21)19-4-3-5-22(14-19)30-2/h3-9,14,17H,10-13,15-16H2,1-2H3,(H,25,29). The van der Waals surface area contributed by atoms with E-state index in [1.165, 1.54) is 5.56 Å². The molecule has 0 saturated carbocycles. The lowest BCUT2D eigenvalue weighted by Crippen LogP contribution is -2.48. The molecule has 1 amide bonds. The third-order valence-corrected chi connectivity index (χ3v) is 6.36. The van der Waals surface area contributed by atoms with E-state index in [0.717, 1.165) is 60.4 Å². The second kappa shape index (κ2) is 10.0. The number of hydrogen-bond donors (Lipinski definition) is 1. The van der Waals surface area contributed by atoms with E-state index in [1.54, 1.807) is 18.4 Å². The summed E-state index contributed by atoms with van der Waals surface area (Å²) in [4.78, 5) is 21.8. The first-order valence-corrected chi connectivity index (χ1v) is 11.4. The number of aromatic nitrogens is 1. The highest BCUT2D eigenvalue weighted by Gasteiger charge is 2.20. The number of aryl methyl sites for hydroxylation is 1. The van der Waals surface area contributed by atoms with Crippen LogP contribution in [0.3, 0.4) is 0 Å². The molecule has 3 aromatic rings. The Morgan fingerprint density at radius 3 is 2.58 bits per heavy atom. The topological polar surface area (TPSA) is 57.7 Å². The number of rotatable bonds is 7. The number of piperazine rings is 1. The molecule has 162 valence electrons. The zero-order valence-corrected chi connectivity index (χ0v) is 18.8. The molecule has 2 heterocycles. The van der Waals surface area contributed by atoms with Gasteiger partial charge in [-0.15, -0.1) is 11.3 Å². The molecule has 1 N–H and O–H groups in total. The minimum Gasteiger partial charge on any atom is -0.497 e. The van der Waals surface area contributed by atoms with Crippen molar-refractivity contribution < 1.29 is 9.53 Å². The molecular weight excluding hydrogens is 408 g/mol. The Morgan fingerprint density at radius 1 is 1.10 bits per heavy atom. The Balaban J connectivity index is 1.24. The average molecular weight is 437 g/mol. The van der Waals surface area contributed by atoms with Crippen LogP contribution in [0.15, 0.2) is 53.9 Å². The number of carbonyl (C=O) groups is 1. The highest BCUT2D eigenvalue weighted by molar-refractivity contribution is 7.13. The fourth-order valence-electron chi connectivity index (χ4n) is 3.64. The molecule has 1 aliphatic heterocycles. The van der Waals surface area contributed by atoms with Gasteiger partial charge in [-0.05, 0) is 31.2 Å². The van der Waals surface area contributed by atoms with E-state index in [0.29, 0.717) is 6.54 Å². The molecule has 7 heteroatoms. The summed E-state index contributed by atoms with van der Waals surface area (Å²) in [6.45, 7) is 6.94. The van der Waals surface area contributed by atoms with Crippen LogP contribution in [0.25, 0.3) is 10.6 Å². The number of amides is 1. The van der Waals surface area contributed by atoms with Gasteiger partial charge in [0.25, 0.3) is 0 Å². The van der Waals surface area contributed by atoms with E-state index >= 15 is 0 Å². The third kappa shape index (κ3) is 5.91. The number of ether oxygens (including phenoxy) is 1. The summed E-state index contributed by atoms with van der Waals surface area (Å²) in [6, 6.07) is 15.9. The molecule has 0 atom stereocenters. The average Bonchev–Trinajstić information content (AvgIpc) is 3.25. The van der Waals surface area contributed by atoms with Crippen molar-refractivity contribution >= 4 is 22.9 Å². The van der Waals surface area contributed by atoms with Gasteiger partial charge in [0.05, 0.1) is 19.3 Å². The minimum absolute atomic E-state index is 0.0414. The van der Waals surface area contributed by atoms with Crippen molar-refractivity contribution in [3.8, 4) is 16.3 Å². The minimum atomic E-state index is 0.0414. The third-order valence-electron chi connectivity index (χ3n) is 5.42. The van der Waals surface area contributed by atoms with Gasteiger partial charge in [-0.25, -0.2) is 4.98 Å². The van der Waals surface area contributed by atoms with Gasteiger partial charge in [-0.3, -0.25) is 14.6 Å². The molecule has 0 spiro atoms.